The lowest BCUT2D eigenvalue weighted by atomic mass is 9.78. The molecule has 0 saturated carbocycles. The molecule has 0 saturated heterocycles. The summed E-state index contributed by atoms with van der Waals surface area (Å²) in [5, 5.41) is 11.1. The van der Waals surface area contributed by atoms with Gasteiger partial charge in [-0.1, -0.05) is 85.2 Å². The molecule has 0 spiro atoms. The van der Waals surface area contributed by atoms with E-state index in [1.54, 1.807) is 0 Å². The van der Waals surface area contributed by atoms with E-state index < -0.39 is 0 Å². The number of benzene rings is 2. The number of ketones is 1. The van der Waals surface area contributed by atoms with Crippen LogP contribution in [-0.2, 0) is 30.3 Å². The largest absolute Gasteiger partial charge is 0.507 e. The van der Waals surface area contributed by atoms with Crippen LogP contribution in [0, 0.1) is 0 Å². The first-order valence-electron chi connectivity index (χ1n) is 12.8. The molecule has 3 aromatic rings. The summed E-state index contributed by atoms with van der Waals surface area (Å²) in [5.74, 6) is 0.289. The Hall–Kier alpha value is -2.60. The first-order chi connectivity index (χ1) is 16.9. The van der Waals surface area contributed by atoms with Gasteiger partial charge in [0.2, 0.25) is 5.62 Å². The predicted molar refractivity (Wildman–Crippen MR) is 151 cm³/mol. The van der Waals surface area contributed by atoms with Gasteiger partial charge in [-0.3, -0.25) is 4.79 Å². The summed E-state index contributed by atoms with van der Waals surface area (Å²) in [5.41, 5.74) is 4.59. The molecule has 3 rings (SSSR count). The molecule has 1 aromatic heterocycles. The number of Topliss-reactive ketones (excluding diaryl/α,β-unsaturated/α-hetero) is 1. The van der Waals surface area contributed by atoms with Crippen molar-refractivity contribution >= 4 is 21.9 Å². The number of imidazole rings is 1. The number of halogens is 1. The smallest absolute Gasteiger partial charge is 0.217 e. The van der Waals surface area contributed by atoms with E-state index >= 15 is 0 Å². The second kappa shape index (κ2) is 11.2. The van der Waals surface area contributed by atoms with Gasteiger partial charge in [-0.25, -0.2) is 0 Å². The van der Waals surface area contributed by atoms with Gasteiger partial charge >= 0.3 is 0 Å². The zero-order chi connectivity index (χ0) is 26.7. The van der Waals surface area contributed by atoms with Crippen molar-refractivity contribution in [3.63, 3.8) is 0 Å². The lowest BCUT2D eigenvalue weighted by molar-refractivity contribution is 0.0969. The van der Waals surface area contributed by atoms with Gasteiger partial charge < -0.3 is 14.2 Å². The Bertz CT molecular complexity index is 1240. The SMILES string of the molecule is CCCCc1cn(Cc2ccccc2)c(=NBr)n1CC(=O)c1cc(C(C)(C)C)c(O)c(C(C)(C)C)c1. The Morgan fingerprint density at radius 1 is 1.00 bits per heavy atom. The van der Waals surface area contributed by atoms with Gasteiger partial charge in [0.1, 0.15) is 5.75 Å². The van der Waals surface area contributed by atoms with Crippen LogP contribution in [0.5, 0.6) is 5.75 Å². The van der Waals surface area contributed by atoms with Crippen LogP contribution in [0.4, 0.5) is 0 Å². The summed E-state index contributed by atoms with van der Waals surface area (Å²) >= 11 is 3.32. The van der Waals surface area contributed by atoms with E-state index in [1.165, 1.54) is 5.56 Å². The number of aryl methyl sites for hydroxylation is 1. The van der Waals surface area contributed by atoms with Crippen LogP contribution in [0.2, 0.25) is 0 Å². The number of nitrogens with zero attached hydrogens (tertiary/aromatic N) is 3. The Labute approximate surface area is 224 Å². The molecule has 36 heavy (non-hydrogen) atoms. The highest BCUT2D eigenvalue weighted by Crippen LogP contribution is 2.40. The quantitative estimate of drug-likeness (QED) is 0.303. The Morgan fingerprint density at radius 3 is 2.08 bits per heavy atom. The molecule has 0 atom stereocenters. The zero-order valence-electron chi connectivity index (χ0n) is 22.7. The number of phenols is 1. The van der Waals surface area contributed by atoms with E-state index in [0.717, 1.165) is 36.1 Å². The highest BCUT2D eigenvalue weighted by atomic mass is 79.9. The van der Waals surface area contributed by atoms with Gasteiger partial charge in [0.05, 0.1) is 29.2 Å². The summed E-state index contributed by atoms with van der Waals surface area (Å²) in [6.07, 6.45) is 5.10. The fourth-order valence-electron chi connectivity index (χ4n) is 4.48. The van der Waals surface area contributed by atoms with Gasteiger partial charge in [0.25, 0.3) is 0 Å². The number of hydrogen-bond donors (Lipinski definition) is 1. The van der Waals surface area contributed by atoms with Crippen LogP contribution in [0.25, 0.3) is 0 Å². The molecule has 1 heterocycles. The lowest BCUT2D eigenvalue weighted by Crippen LogP contribution is -2.29. The molecule has 0 unspecified atom stereocenters. The average molecular weight is 555 g/mol. The van der Waals surface area contributed by atoms with Crippen molar-refractivity contribution in [2.24, 2.45) is 4.02 Å². The molecular formula is C30H40BrN3O2. The van der Waals surface area contributed by atoms with Crippen LogP contribution in [-0.4, -0.2) is 20.0 Å². The number of aromatic nitrogens is 2. The molecular weight excluding hydrogens is 514 g/mol. The lowest BCUT2D eigenvalue weighted by Gasteiger charge is -2.28. The first-order valence-corrected chi connectivity index (χ1v) is 13.5. The summed E-state index contributed by atoms with van der Waals surface area (Å²) in [6.45, 7) is 15.4. The van der Waals surface area contributed by atoms with Crippen LogP contribution in [0.15, 0.2) is 52.7 Å². The number of aromatic hydroxyl groups is 1. The van der Waals surface area contributed by atoms with Crippen molar-refractivity contribution in [3.05, 3.63) is 82.2 Å². The molecule has 2 aromatic carbocycles. The molecule has 0 aliphatic carbocycles. The van der Waals surface area contributed by atoms with E-state index in [1.807, 2.05) is 34.9 Å². The van der Waals surface area contributed by atoms with Crippen molar-refractivity contribution < 1.29 is 9.90 Å². The van der Waals surface area contributed by atoms with Crippen LogP contribution in [0.1, 0.15) is 94.1 Å². The van der Waals surface area contributed by atoms with Crippen molar-refractivity contribution in [2.75, 3.05) is 0 Å². The molecule has 0 amide bonds. The van der Waals surface area contributed by atoms with Crippen molar-refractivity contribution in [1.29, 1.82) is 0 Å². The first kappa shape index (κ1) is 28.0. The van der Waals surface area contributed by atoms with E-state index in [4.69, 9.17) is 0 Å². The minimum Gasteiger partial charge on any atom is -0.507 e. The molecule has 5 nitrogen and oxygen atoms in total. The van der Waals surface area contributed by atoms with Crippen LogP contribution < -0.4 is 5.62 Å². The number of phenolic OH excluding ortho intramolecular Hbond substituents is 1. The molecule has 0 radical (unpaired) electrons. The minimum atomic E-state index is -0.296. The molecule has 0 aliphatic heterocycles. The molecule has 1 N–H and O–H groups in total. The monoisotopic (exact) mass is 553 g/mol. The van der Waals surface area contributed by atoms with Gasteiger partial charge in [0, 0.05) is 28.6 Å². The molecule has 0 fully saturated rings. The Morgan fingerprint density at radius 2 is 1.58 bits per heavy atom. The number of carbonyl (C=O) groups excluding carboxylic acids is 1. The van der Waals surface area contributed by atoms with Gasteiger partial charge in [0.15, 0.2) is 5.78 Å². The number of hydrogen-bond acceptors (Lipinski definition) is 3. The Kier molecular flexibility index (Phi) is 8.71. The van der Waals surface area contributed by atoms with Gasteiger partial charge in [-0.15, -0.1) is 0 Å². The van der Waals surface area contributed by atoms with Gasteiger partial charge in [-0.05, 0) is 41.4 Å². The second-order valence-electron chi connectivity index (χ2n) is 11.7. The number of carbonyl (C=O) groups is 1. The predicted octanol–water partition coefficient (Wildman–Crippen LogP) is 7.07. The highest BCUT2D eigenvalue weighted by Gasteiger charge is 2.28. The molecule has 6 heteroatoms. The zero-order valence-corrected chi connectivity index (χ0v) is 24.3. The van der Waals surface area contributed by atoms with E-state index in [-0.39, 0.29) is 28.9 Å². The second-order valence-corrected chi connectivity index (χ2v) is 12.0. The normalized spacial score (nSPS) is 12.8. The van der Waals surface area contributed by atoms with Crippen molar-refractivity contribution in [2.45, 2.75) is 91.6 Å². The average Bonchev–Trinajstić information content (AvgIpc) is 3.12. The summed E-state index contributed by atoms with van der Waals surface area (Å²) < 4.78 is 8.54. The maximum atomic E-state index is 13.8. The number of unbranched alkanes of at least 4 members (excludes halogenated alkanes) is 1. The third-order valence-corrected chi connectivity index (χ3v) is 6.87. The van der Waals surface area contributed by atoms with Crippen molar-refractivity contribution in [3.8, 4) is 5.75 Å². The fraction of sp³-hybridized carbons (Fsp3) is 0.467. The fourth-order valence-corrected chi connectivity index (χ4v) is 4.88. The highest BCUT2D eigenvalue weighted by molar-refractivity contribution is 9.08. The maximum absolute atomic E-state index is 13.8. The van der Waals surface area contributed by atoms with E-state index in [0.29, 0.717) is 17.7 Å². The molecule has 194 valence electrons. The van der Waals surface area contributed by atoms with E-state index in [2.05, 4.69) is 91.5 Å². The Balaban J connectivity index is 2.08. The minimum absolute atomic E-state index is 0.00334. The number of rotatable bonds is 8. The molecule has 0 bridgehead atoms. The van der Waals surface area contributed by atoms with Gasteiger partial charge in [-0.2, -0.15) is 4.02 Å². The van der Waals surface area contributed by atoms with Crippen LogP contribution in [0.3, 0.4) is 0 Å². The maximum Gasteiger partial charge on any atom is 0.217 e. The van der Waals surface area contributed by atoms with E-state index in [9.17, 15) is 9.90 Å². The summed E-state index contributed by atoms with van der Waals surface area (Å²) in [7, 11) is 0. The standard InChI is InChI=1S/C30H40BrN3O2/c1-8-9-15-23-19-33(18-21-13-11-10-12-14-21)28(32-31)34(23)20-26(35)22-16-24(29(2,3)4)27(36)25(17-22)30(5,6)7/h10-14,16-17,19,36H,8-9,15,18,20H2,1-7H3. The van der Waals surface area contributed by atoms with Crippen molar-refractivity contribution in [1.82, 2.24) is 9.13 Å². The molecule has 0 aliphatic rings. The summed E-state index contributed by atoms with van der Waals surface area (Å²) in [6, 6.07) is 14.0. The summed E-state index contributed by atoms with van der Waals surface area (Å²) in [4.78, 5) is 13.8. The third-order valence-electron chi connectivity index (χ3n) is 6.56. The van der Waals surface area contributed by atoms with Crippen LogP contribution >= 0.6 is 16.1 Å². The third kappa shape index (κ3) is 6.39. The topological polar surface area (TPSA) is 59.5 Å².